The number of unbranched alkanes of at least 4 members (excludes halogenated alkanes) is 13. The number of thioether (sulfide) groups is 1. The van der Waals surface area contributed by atoms with Gasteiger partial charge in [-0.2, -0.15) is 11.8 Å². The average molecular weight is 552 g/mol. The molecule has 0 aliphatic heterocycles. The van der Waals surface area contributed by atoms with Gasteiger partial charge in [0, 0.05) is 11.9 Å². The highest BCUT2D eigenvalue weighted by Gasteiger charge is 2.56. The third-order valence-electron chi connectivity index (χ3n) is 6.58. The van der Waals surface area contributed by atoms with Crippen molar-refractivity contribution >= 4 is 26.2 Å². The molecule has 0 aromatic heterocycles. The molecule has 0 amide bonds. The molecule has 214 valence electrons. The summed E-state index contributed by atoms with van der Waals surface area (Å²) < 4.78 is 23.2. The van der Waals surface area contributed by atoms with Crippen LogP contribution in [-0.4, -0.2) is 51.5 Å². The van der Waals surface area contributed by atoms with Gasteiger partial charge < -0.3 is 19.7 Å². The van der Waals surface area contributed by atoms with Crippen molar-refractivity contribution in [2.45, 2.75) is 160 Å². The summed E-state index contributed by atoms with van der Waals surface area (Å²) in [6.45, 7) is 8.49. The molecule has 0 aromatic carbocycles. The number of hydrogen-bond donors (Lipinski definition) is 2. The first-order valence-electron chi connectivity index (χ1n) is 14.6. The highest BCUT2D eigenvalue weighted by atomic mass is 32.2. The first-order valence-corrected chi connectivity index (χ1v) is 16.6. The van der Waals surface area contributed by atoms with Crippen molar-refractivity contribution in [2.24, 2.45) is 0 Å². The molecule has 0 radical (unpaired) electrons. The quantitative estimate of drug-likeness (QED) is 0.0602. The maximum atomic E-state index is 11.7. The van der Waals surface area contributed by atoms with Gasteiger partial charge in [0.05, 0.1) is 6.10 Å². The number of carbonyl (C=O) groups is 1. The molecule has 0 saturated carbocycles. The van der Waals surface area contributed by atoms with Crippen molar-refractivity contribution in [2.75, 3.05) is 12.4 Å². The molecule has 0 fully saturated rings. The molecule has 0 spiro atoms. The molecule has 0 saturated heterocycles. The van der Waals surface area contributed by atoms with E-state index < -0.39 is 26.1 Å². The standard InChI is InChI=1S/C28H55O6PS/c1-5-8-10-12-13-14-15-16-18-20-23-36-25(21-19-17-11-9-6-2)24(4)34-27(33-22-7-3)28(31,35-32)26(29)30/h24-25,27,31H,5-23H2,1-4H3,(H,29,30)/p+1. The third-order valence-corrected chi connectivity index (χ3v) is 8.91. The second-order valence-electron chi connectivity index (χ2n) is 10.0. The van der Waals surface area contributed by atoms with Gasteiger partial charge in [-0.3, -0.25) is 0 Å². The molecule has 8 heteroatoms. The van der Waals surface area contributed by atoms with Gasteiger partial charge in [-0.1, -0.05) is 115 Å². The molecule has 5 atom stereocenters. The minimum atomic E-state index is -2.56. The van der Waals surface area contributed by atoms with Crippen LogP contribution in [0.3, 0.4) is 0 Å². The van der Waals surface area contributed by atoms with Crippen LogP contribution in [-0.2, 0) is 18.8 Å². The van der Waals surface area contributed by atoms with E-state index in [9.17, 15) is 19.6 Å². The highest BCUT2D eigenvalue weighted by Crippen LogP contribution is 2.32. The van der Waals surface area contributed by atoms with Crippen molar-refractivity contribution in [3.63, 3.8) is 0 Å². The second-order valence-corrected chi connectivity index (χ2v) is 12.3. The number of aliphatic hydroxyl groups is 1. The zero-order chi connectivity index (χ0) is 27.1. The van der Waals surface area contributed by atoms with Crippen molar-refractivity contribution < 1.29 is 29.0 Å². The second kappa shape index (κ2) is 23.9. The molecule has 36 heavy (non-hydrogen) atoms. The fourth-order valence-electron chi connectivity index (χ4n) is 4.19. The Hall–Kier alpha value is -0.200. The molecule has 2 N–H and O–H groups in total. The van der Waals surface area contributed by atoms with Gasteiger partial charge in [0.15, 0.2) is 0 Å². The van der Waals surface area contributed by atoms with Crippen LogP contribution in [0.1, 0.15) is 137 Å². The Kier molecular flexibility index (Phi) is 23.8. The van der Waals surface area contributed by atoms with Crippen LogP contribution < -0.4 is 0 Å². The largest absolute Gasteiger partial charge is 0.476 e. The molecule has 0 rings (SSSR count). The number of hydrogen-bond acceptors (Lipinski definition) is 6. The third kappa shape index (κ3) is 16.6. The number of rotatable bonds is 27. The van der Waals surface area contributed by atoms with Gasteiger partial charge in [0.2, 0.25) is 6.29 Å². The number of aliphatic carboxylic acids is 1. The van der Waals surface area contributed by atoms with Gasteiger partial charge >= 0.3 is 19.8 Å². The van der Waals surface area contributed by atoms with Crippen LogP contribution in [0, 0.1) is 0 Å². The molecule has 0 aliphatic carbocycles. The summed E-state index contributed by atoms with van der Waals surface area (Å²) in [7, 11) is -1.48. The van der Waals surface area contributed by atoms with Gasteiger partial charge in [0.25, 0.3) is 0 Å². The monoisotopic (exact) mass is 551 g/mol. The Bertz CT molecular complexity index is 538. The van der Waals surface area contributed by atoms with E-state index in [1.54, 1.807) is 0 Å². The maximum absolute atomic E-state index is 11.7. The Morgan fingerprint density at radius 1 is 0.833 bits per heavy atom. The average Bonchev–Trinajstić information content (AvgIpc) is 2.87. The first kappa shape index (κ1) is 35.8. The topological polar surface area (TPSA) is 93.1 Å². The smallest absolute Gasteiger partial charge is 0.407 e. The highest BCUT2D eigenvalue weighted by molar-refractivity contribution is 7.99. The first-order chi connectivity index (χ1) is 17.4. The van der Waals surface area contributed by atoms with Crippen LogP contribution in [0.15, 0.2) is 0 Å². The van der Waals surface area contributed by atoms with Crippen molar-refractivity contribution in [3.8, 4) is 0 Å². The minimum absolute atomic E-state index is 0.172. The maximum Gasteiger partial charge on any atom is 0.407 e. The van der Waals surface area contributed by atoms with E-state index in [0.717, 1.165) is 25.0 Å². The number of carboxylic acids is 1. The van der Waals surface area contributed by atoms with Gasteiger partial charge in [-0.15, -0.1) is 0 Å². The van der Waals surface area contributed by atoms with E-state index >= 15 is 0 Å². The predicted octanol–water partition coefficient (Wildman–Crippen LogP) is 8.32. The van der Waals surface area contributed by atoms with Crippen molar-refractivity contribution in [1.82, 2.24) is 0 Å². The van der Waals surface area contributed by atoms with E-state index in [0.29, 0.717) is 6.42 Å². The van der Waals surface area contributed by atoms with E-state index in [2.05, 4.69) is 13.8 Å². The zero-order valence-electron chi connectivity index (χ0n) is 23.6. The Morgan fingerprint density at radius 3 is 1.81 bits per heavy atom. The molecule has 0 heterocycles. The van der Waals surface area contributed by atoms with Crippen molar-refractivity contribution in [1.29, 1.82) is 0 Å². The van der Waals surface area contributed by atoms with E-state index in [-0.39, 0.29) is 18.0 Å². The lowest BCUT2D eigenvalue weighted by atomic mass is 10.1. The zero-order valence-corrected chi connectivity index (χ0v) is 25.4. The molecule has 0 aromatic rings. The van der Waals surface area contributed by atoms with Gasteiger partial charge in [-0.25, -0.2) is 4.79 Å². The SMILES string of the molecule is CCCCCCCCCCCCSC(CCCCCCC)C(C)OC(OCCC)C(O)([PH+]=O)C(=O)O. The Labute approximate surface area is 227 Å². The van der Waals surface area contributed by atoms with Crippen LogP contribution in [0.2, 0.25) is 0 Å². The van der Waals surface area contributed by atoms with Crippen LogP contribution in [0.4, 0.5) is 0 Å². The fourth-order valence-corrected chi connectivity index (χ4v) is 5.86. The summed E-state index contributed by atoms with van der Waals surface area (Å²) in [5.74, 6) is -0.546. The lowest BCUT2D eigenvalue weighted by molar-refractivity contribution is -0.230. The number of carboxylic acid groups (broad SMARTS) is 1. The summed E-state index contributed by atoms with van der Waals surface area (Å²) in [6.07, 6.45) is 18.9. The van der Waals surface area contributed by atoms with E-state index in [4.69, 9.17) is 9.47 Å². The summed E-state index contributed by atoms with van der Waals surface area (Å²) in [4.78, 5) is 11.7. The summed E-state index contributed by atoms with van der Waals surface area (Å²) in [6, 6.07) is 0. The van der Waals surface area contributed by atoms with Crippen LogP contribution in [0.25, 0.3) is 0 Å². The minimum Gasteiger partial charge on any atom is -0.476 e. The summed E-state index contributed by atoms with van der Waals surface area (Å²) in [5, 5.41) is 17.6. The van der Waals surface area contributed by atoms with Crippen LogP contribution in [0.5, 0.6) is 0 Å². The molecular weight excluding hydrogens is 495 g/mol. The molecule has 0 aliphatic rings. The Balaban J connectivity index is 4.75. The van der Waals surface area contributed by atoms with Gasteiger partial charge in [-0.05, 0) is 31.9 Å². The molecule has 6 nitrogen and oxygen atoms in total. The fraction of sp³-hybridized carbons (Fsp3) is 0.964. The predicted molar refractivity (Wildman–Crippen MR) is 154 cm³/mol. The molecular formula is C28H56O6PS+. The van der Waals surface area contributed by atoms with E-state index in [1.165, 1.54) is 83.5 Å². The molecule has 0 bridgehead atoms. The van der Waals surface area contributed by atoms with Crippen LogP contribution >= 0.6 is 20.2 Å². The lowest BCUT2D eigenvalue weighted by Gasteiger charge is -2.30. The van der Waals surface area contributed by atoms with Gasteiger partial charge in [0.1, 0.15) is 0 Å². The summed E-state index contributed by atoms with van der Waals surface area (Å²) >= 11 is 1.88. The molecule has 5 unspecified atom stereocenters. The normalized spacial score (nSPS) is 16.0. The lowest BCUT2D eigenvalue weighted by Crippen LogP contribution is -2.50. The van der Waals surface area contributed by atoms with E-state index in [1.807, 2.05) is 25.6 Å². The number of ether oxygens (including phenoxy) is 2. The van der Waals surface area contributed by atoms with Crippen molar-refractivity contribution in [3.05, 3.63) is 0 Å². The summed E-state index contributed by atoms with van der Waals surface area (Å²) in [5.41, 5.74) is 0. The Morgan fingerprint density at radius 2 is 1.33 bits per heavy atom.